The van der Waals surface area contributed by atoms with Crippen molar-refractivity contribution in [3.05, 3.63) is 17.2 Å². The van der Waals surface area contributed by atoms with E-state index in [0.717, 1.165) is 0 Å². The molecule has 0 atom stereocenters. The molecule has 2 heterocycles. The second-order valence-corrected chi connectivity index (χ2v) is 11.6. The van der Waals surface area contributed by atoms with Gasteiger partial charge in [-0.1, -0.05) is 0 Å². The Morgan fingerprint density at radius 3 is 1.41 bits per heavy atom. The molecule has 9 nitrogen and oxygen atoms in total. The maximum Gasteiger partial charge on any atom is 0.485 e. The summed E-state index contributed by atoms with van der Waals surface area (Å²) in [5.41, 5.74) is -6.87. The number of nitrogens with one attached hydrogen (secondary N) is 1. The SMILES string of the molecule is Cc1c(C)[n+](C)c(C2=[NH+]C(C)(C)CC2(C)C)n1C.O=S(=O)([O-])C(F)(F)F.O=S(=O)([O-])C(F)(F)F. The largest absolute Gasteiger partial charge is 0.741 e. The number of aromatic nitrogens is 2. The van der Waals surface area contributed by atoms with Gasteiger partial charge in [0.15, 0.2) is 25.8 Å². The van der Waals surface area contributed by atoms with Crippen molar-refractivity contribution < 1.29 is 61.8 Å². The average molecular weight is 548 g/mol. The number of halogens is 6. The number of rotatable bonds is 1. The summed E-state index contributed by atoms with van der Waals surface area (Å²) in [4.78, 5) is 3.73. The van der Waals surface area contributed by atoms with Crippen LogP contribution >= 0.6 is 0 Å². The molecule has 34 heavy (non-hydrogen) atoms. The van der Waals surface area contributed by atoms with E-state index in [2.05, 4.69) is 69.8 Å². The van der Waals surface area contributed by atoms with E-state index >= 15 is 0 Å². The minimum atomic E-state index is -6.09. The fraction of sp³-hybridized carbons (Fsp3) is 0.765. The van der Waals surface area contributed by atoms with Crippen molar-refractivity contribution in [2.75, 3.05) is 0 Å². The lowest BCUT2D eigenvalue weighted by Gasteiger charge is -2.16. The summed E-state index contributed by atoms with van der Waals surface area (Å²) in [5, 5.41) is 0. The van der Waals surface area contributed by atoms with E-state index in [9.17, 15) is 26.3 Å². The van der Waals surface area contributed by atoms with E-state index in [4.69, 9.17) is 25.9 Å². The van der Waals surface area contributed by atoms with Crippen molar-refractivity contribution in [1.82, 2.24) is 4.57 Å². The highest BCUT2D eigenvalue weighted by molar-refractivity contribution is 7.86. The Kier molecular flexibility index (Phi) is 9.24. The highest BCUT2D eigenvalue weighted by atomic mass is 32.2. The third-order valence-electron chi connectivity index (χ3n) is 4.98. The van der Waals surface area contributed by atoms with Crippen LogP contribution in [0, 0.1) is 19.3 Å². The Bertz CT molecular complexity index is 1080. The van der Waals surface area contributed by atoms with Gasteiger partial charge in [-0.25, -0.2) is 31.0 Å². The molecule has 2 rings (SSSR count). The molecule has 0 aromatic carbocycles. The highest BCUT2D eigenvalue weighted by Crippen LogP contribution is 2.32. The summed E-state index contributed by atoms with van der Waals surface area (Å²) in [7, 11) is -7.86. The second kappa shape index (κ2) is 9.73. The van der Waals surface area contributed by atoms with Gasteiger partial charge in [0.1, 0.15) is 11.4 Å². The van der Waals surface area contributed by atoms with Crippen LogP contribution in [0.5, 0.6) is 0 Å². The first-order valence-electron chi connectivity index (χ1n) is 9.29. The fourth-order valence-electron chi connectivity index (χ4n) is 3.47. The summed E-state index contributed by atoms with van der Waals surface area (Å²) in [6.45, 7) is 13.6. The monoisotopic (exact) mass is 547 g/mol. The highest BCUT2D eigenvalue weighted by Gasteiger charge is 2.51. The van der Waals surface area contributed by atoms with E-state index in [-0.39, 0.29) is 11.0 Å². The molecule has 0 spiro atoms. The van der Waals surface area contributed by atoms with E-state index in [0.29, 0.717) is 0 Å². The molecule has 200 valence electrons. The Hall–Kier alpha value is -1.72. The molecule has 0 fully saturated rings. The van der Waals surface area contributed by atoms with Gasteiger partial charge in [0, 0.05) is 20.3 Å². The molecule has 1 aromatic heterocycles. The predicted octanol–water partition coefficient (Wildman–Crippen LogP) is 0.647. The lowest BCUT2D eigenvalue weighted by atomic mass is 9.80. The molecule has 0 saturated heterocycles. The van der Waals surface area contributed by atoms with Crippen LogP contribution in [0.3, 0.4) is 0 Å². The first-order chi connectivity index (χ1) is 14.6. The van der Waals surface area contributed by atoms with E-state index in [1.165, 1.54) is 29.3 Å². The Balaban J connectivity index is 0.000000570. The Morgan fingerprint density at radius 1 is 0.912 bits per heavy atom. The van der Waals surface area contributed by atoms with Gasteiger partial charge >= 0.3 is 16.8 Å². The van der Waals surface area contributed by atoms with Gasteiger partial charge in [-0.3, -0.25) is 0 Å². The van der Waals surface area contributed by atoms with Gasteiger partial charge in [-0.2, -0.15) is 26.3 Å². The number of hydrogen-bond acceptors (Lipinski definition) is 6. The molecule has 1 N–H and O–H groups in total. The first kappa shape index (κ1) is 32.3. The molecule has 0 amide bonds. The third-order valence-corrected chi connectivity index (χ3v) is 6.11. The molecule has 1 aliphatic rings. The molecule has 0 bridgehead atoms. The van der Waals surface area contributed by atoms with Crippen molar-refractivity contribution in [3.8, 4) is 0 Å². The third kappa shape index (κ3) is 7.91. The van der Waals surface area contributed by atoms with Crippen molar-refractivity contribution in [2.24, 2.45) is 19.5 Å². The molecule has 1 aromatic rings. The van der Waals surface area contributed by atoms with Crippen LogP contribution in [-0.2, 0) is 34.3 Å². The summed E-state index contributed by atoms with van der Waals surface area (Å²) in [6.07, 6.45) is 1.17. The van der Waals surface area contributed by atoms with Crippen molar-refractivity contribution >= 4 is 25.9 Å². The summed E-state index contributed by atoms with van der Waals surface area (Å²) in [6, 6.07) is 0. The summed E-state index contributed by atoms with van der Waals surface area (Å²) < 4.78 is 122. The van der Waals surface area contributed by atoms with Crippen LogP contribution in [0.4, 0.5) is 26.3 Å². The number of nitrogens with zero attached hydrogens (tertiary/aromatic N) is 2. The van der Waals surface area contributed by atoms with Gasteiger partial charge in [-0.05, 0) is 27.7 Å². The van der Waals surface area contributed by atoms with Crippen molar-refractivity contribution in [2.45, 2.75) is 64.5 Å². The van der Waals surface area contributed by atoms with Crippen LogP contribution in [0.25, 0.3) is 0 Å². The molecule has 1 aliphatic heterocycles. The molecule has 17 heteroatoms. The summed E-state index contributed by atoms with van der Waals surface area (Å²) in [5.74, 6) is 1.31. The topological polar surface area (TPSA) is 137 Å². The van der Waals surface area contributed by atoms with E-state index in [1.807, 2.05) is 0 Å². The van der Waals surface area contributed by atoms with Gasteiger partial charge in [0.05, 0.1) is 19.5 Å². The number of alkyl halides is 6. The van der Waals surface area contributed by atoms with Gasteiger partial charge in [-0.15, -0.1) is 0 Å². The number of imidazole rings is 1. The molecule has 0 aliphatic carbocycles. The maximum absolute atomic E-state index is 10.7. The minimum Gasteiger partial charge on any atom is -0.741 e. The van der Waals surface area contributed by atoms with Gasteiger partial charge in [0.2, 0.25) is 0 Å². The lowest BCUT2D eigenvalue weighted by molar-refractivity contribution is -0.681. The normalized spacial score (nSPS) is 17.8. The van der Waals surface area contributed by atoms with Crippen molar-refractivity contribution in [3.63, 3.8) is 0 Å². The molecular formula is C17H27F6N3O6S2. The maximum atomic E-state index is 10.7. The van der Waals surface area contributed by atoms with Gasteiger partial charge in [0.25, 0.3) is 5.71 Å². The average Bonchev–Trinajstić information content (AvgIpc) is 2.87. The van der Waals surface area contributed by atoms with Crippen LogP contribution in [0.2, 0.25) is 0 Å². The zero-order valence-electron chi connectivity index (χ0n) is 19.6. The first-order valence-corrected chi connectivity index (χ1v) is 12.1. The smallest absolute Gasteiger partial charge is 0.485 e. The van der Waals surface area contributed by atoms with Crippen LogP contribution in [0.15, 0.2) is 0 Å². The second-order valence-electron chi connectivity index (χ2n) is 8.86. The van der Waals surface area contributed by atoms with Gasteiger partial charge < -0.3 is 9.11 Å². The molecular weight excluding hydrogens is 520 g/mol. The van der Waals surface area contributed by atoms with E-state index < -0.39 is 31.3 Å². The standard InChI is InChI=1S/C15H26N3.2CHF3O3S/c1-10-11(2)18(8)13(17(10)7)12-14(3,4)9-15(5,6)16-12;2*2-1(3,4)8(5,6)7/h9H2,1-8H3;2*(H,5,6,7)/q+1;;/p-1. The lowest BCUT2D eigenvalue weighted by Crippen LogP contribution is -2.83. The van der Waals surface area contributed by atoms with E-state index in [1.54, 1.807) is 0 Å². The molecule has 0 radical (unpaired) electrons. The van der Waals surface area contributed by atoms with Crippen LogP contribution in [-0.4, -0.2) is 52.8 Å². The zero-order chi connectivity index (χ0) is 27.9. The van der Waals surface area contributed by atoms with Crippen LogP contribution < -0.4 is 9.56 Å². The van der Waals surface area contributed by atoms with Crippen LogP contribution in [0.1, 0.15) is 51.3 Å². The zero-order valence-corrected chi connectivity index (χ0v) is 21.3. The fourth-order valence-corrected chi connectivity index (χ4v) is 3.47. The molecule has 0 unspecified atom stereocenters. The molecule has 0 saturated carbocycles. The summed E-state index contributed by atoms with van der Waals surface area (Å²) >= 11 is 0. The Labute approximate surface area is 194 Å². The van der Waals surface area contributed by atoms with Crippen molar-refractivity contribution in [1.29, 1.82) is 0 Å². The predicted molar refractivity (Wildman–Crippen MR) is 105 cm³/mol. The minimum absolute atomic E-state index is 0.178. The number of hydrogen-bond donors (Lipinski definition) is 1. The quantitative estimate of drug-likeness (QED) is 0.237. The Morgan fingerprint density at radius 2 is 1.24 bits per heavy atom.